The lowest BCUT2D eigenvalue weighted by Gasteiger charge is -2.09. The molecule has 1 heterocycles. The van der Waals surface area contributed by atoms with Crippen LogP contribution in [0.25, 0.3) is 0 Å². The molecule has 0 atom stereocenters. The van der Waals surface area contributed by atoms with Crippen LogP contribution in [0.3, 0.4) is 0 Å². The standard InChI is InChI=1S/C15H17N3O4S2/c1-11(19)17-12-5-7-14(8-6-12)24(20,21)18-15(23-2)16-10-13-4-3-9-22-13/h3-9H,10H2,1-2H3,(H,16,18)(H,17,19). The van der Waals surface area contributed by atoms with Crippen LogP contribution in [-0.2, 0) is 21.4 Å². The minimum Gasteiger partial charge on any atom is -0.467 e. The molecule has 9 heteroatoms. The van der Waals surface area contributed by atoms with Crippen LogP contribution >= 0.6 is 11.8 Å². The molecule has 2 aromatic rings. The van der Waals surface area contributed by atoms with Gasteiger partial charge in [0, 0.05) is 12.6 Å². The fraction of sp³-hybridized carbons (Fsp3) is 0.200. The number of aliphatic imine (C=N–C) groups is 1. The summed E-state index contributed by atoms with van der Waals surface area (Å²) in [7, 11) is -3.75. The summed E-state index contributed by atoms with van der Waals surface area (Å²) in [6, 6.07) is 9.38. The molecule has 0 unspecified atom stereocenters. The maximum Gasteiger partial charge on any atom is 0.263 e. The number of amidine groups is 1. The number of rotatable bonds is 5. The normalized spacial score (nSPS) is 12.0. The van der Waals surface area contributed by atoms with Crippen molar-refractivity contribution in [2.24, 2.45) is 4.99 Å². The zero-order valence-electron chi connectivity index (χ0n) is 13.1. The summed E-state index contributed by atoms with van der Waals surface area (Å²) in [6.07, 6.45) is 3.26. The lowest BCUT2D eigenvalue weighted by molar-refractivity contribution is -0.114. The van der Waals surface area contributed by atoms with Gasteiger partial charge in [0.25, 0.3) is 10.0 Å². The van der Waals surface area contributed by atoms with Crippen molar-refractivity contribution < 1.29 is 17.6 Å². The average Bonchev–Trinajstić information content (AvgIpc) is 3.04. The lowest BCUT2D eigenvalue weighted by Crippen LogP contribution is -2.28. The van der Waals surface area contributed by atoms with Crippen LogP contribution in [0.2, 0.25) is 0 Å². The van der Waals surface area contributed by atoms with Crippen molar-refractivity contribution in [2.75, 3.05) is 11.6 Å². The van der Waals surface area contributed by atoms with Crippen molar-refractivity contribution in [3.63, 3.8) is 0 Å². The molecule has 2 N–H and O–H groups in total. The molecule has 0 spiro atoms. The highest BCUT2D eigenvalue weighted by molar-refractivity contribution is 8.14. The highest BCUT2D eigenvalue weighted by Gasteiger charge is 2.16. The molecule has 2 rings (SSSR count). The zero-order chi connectivity index (χ0) is 17.6. The summed E-state index contributed by atoms with van der Waals surface area (Å²) >= 11 is 1.19. The maximum atomic E-state index is 12.4. The Balaban J connectivity index is 2.10. The predicted molar refractivity (Wildman–Crippen MR) is 94.4 cm³/mol. The van der Waals surface area contributed by atoms with Crippen LogP contribution in [-0.4, -0.2) is 25.7 Å². The van der Waals surface area contributed by atoms with E-state index in [-0.39, 0.29) is 22.5 Å². The fourth-order valence-corrected chi connectivity index (χ4v) is 3.55. The first kappa shape index (κ1) is 18.1. The first-order chi connectivity index (χ1) is 11.4. The largest absolute Gasteiger partial charge is 0.467 e. The Bertz CT molecular complexity index is 813. The van der Waals surface area contributed by atoms with Gasteiger partial charge in [-0.3, -0.25) is 14.5 Å². The Hall–Kier alpha value is -2.26. The first-order valence-corrected chi connectivity index (χ1v) is 9.63. The summed E-state index contributed by atoms with van der Waals surface area (Å²) in [5, 5.41) is 2.84. The van der Waals surface area contributed by atoms with Crippen LogP contribution < -0.4 is 10.0 Å². The van der Waals surface area contributed by atoms with Crippen molar-refractivity contribution in [2.45, 2.75) is 18.4 Å². The average molecular weight is 367 g/mol. The van der Waals surface area contributed by atoms with Crippen molar-refractivity contribution in [3.8, 4) is 0 Å². The third-order valence-electron chi connectivity index (χ3n) is 2.86. The number of sulfonamides is 1. The highest BCUT2D eigenvalue weighted by atomic mass is 32.2. The minimum absolute atomic E-state index is 0.0800. The third kappa shape index (κ3) is 5.14. The summed E-state index contributed by atoms with van der Waals surface area (Å²) in [5.74, 6) is 0.416. The number of carbonyl (C=O) groups is 1. The van der Waals surface area contributed by atoms with Crippen molar-refractivity contribution in [1.29, 1.82) is 0 Å². The lowest BCUT2D eigenvalue weighted by atomic mass is 10.3. The van der Waals surface area contributed by atoms with E-state index in [1.54, 1.807) is 18.4 Å². The number of nitrogens with zero attached hydrogens (tertiary/aromatic N) is 1. The summed E-state index contributed by atoms with van der Waals surface area (Å²) < 4.78 is 32.4. The Kier molecular flexibility index (Phi) is 6.04. The SMILES string of the molecule is CSC(=NCc1ccco1)NS(=O)(=O)c1ccc(NC(C)=O)cc1. The van der Waals surface area contributed by atoms with E-state index in [4.69, 9.17) is 4.42 Å². The second-order valence-electron chi connectivity index (χ2n) is 4.72. The Labute approximate surface area is 144 Å². The molecule has 0 saturated heterocycles. The molecular formula is C15H17N3O4S2. The quantitative estimate of drug-likeness (QED) is 0.624. The number of hydrogen-bond acceptors (Lipinski definition) is 6. The van der Waals surface area contributed by atoms with Crippen LogP contribution in [0.15, 0.2) is 57.0 Å². The summed E-state index contributed by atoms with van der Waals surface area (Å²) in [4.78, 5) is 15.3. The van der Waals surface area contributed by atoms with Crippen LogP contribution in [0.5, 0.6) is 0 Å². The van der Waals surface area contributed by atoms with Crippen molar-refractivity contribution >= 4 is 38.5 Å². The minimum atomic E-state index is -3.75. The van der Waals surface area contributed by atoms with E-state index in [1.807, 2.05) is 0 Å². The van der Waals surface area contributed by atoms with Gasteiger partial charge >= 0.3 is 0 Å². The highest BCUT2D eigenvalue weighted by Crippen LogP contribution is 2.15. The molecule has 0 aliphatic rings. The van der Waals surface area contributed by atoms with Gasteiger partial charge in [0.2, 0.25) is 5.91 Å². The second-order valence-corrected chi connectivity index (χ2v) is 7.19. The molecule has 1 aromatic carbocycles. The monoisotopic (exact) mass is 367 g/mol. The number of benzene rings is 1. The van der Waals surface area contributed by atoms with E-state index in [0.29, 0.717) is 11.4 Å². The van der Waals surface area contributed by atoms with E-state index in [2.05, 4.69) is 15.0 Å². The van der Waals surface area contributed by atoms with Gasteiger partial charge in [0.05, 0.1) is 17.7 Å². The molecular weight excluding hydrogens is 350 g/mol. The molecule has 7 nitrogen and oxygen atoms in total. The molecule has 0 aliphatic heterocycles. The molecule has 0 saturated carbocycles. The van der Waals surface area contributed by atoms with E-state index in [9.17, 15) is 13.2 Å². The number of nitrogens with one attached hydrogen (secondary N) is 2. The number of furan rings is 1. The Morgan fingerprint density at radius 3 is 2.50 bits per heavy atom. The maximum absolute atomic E-state index is 12.4. The van der Waals surface area contributed by atoms with Gasteiger partial charge in [0.15, 0.2) is 5.17 Å². The van der Waals surface area contributed by atoms with Crippen molar-refractivity contribution in [3.05, 3.63) is 48.4 Å². The van der Waals surface area contributed by atoms with Crippen LogP contribution in [0.1, 0.15) is 12.7 Å². The van der Waals surface area contributed by atoms with E-state index >= 15 is 0 Å². The van der Waals surface area contributed by atoms with Gasteiger partial charge in [-0.05, 0) is 42.7 Å². The molecule has 128 valence electrons. The Morgan fingerprint density at radius 2 is 1.96 bits per heavy atom. The topological polar surface area (TPSA) is 101 Å². The fourth-order valence-electron chi connectivity index (χ4n) is 1.79. The number of hydrogen-bond donors (Lipinski definition) is 2. The molecule has 0 aliphatic carbocycles. The van der Waals surface area contributed by atoms with Crippen LogP contribution in [0, 0.1) is 0 Å². The molecule has 0 bridgehead atoms. The molecule has 1 aromatic heterocycles. The summed E-state index contributed by atoms with van der Waals surface area (Å²) in [5.41, 5.74) is 0.526. The van der Waals surface area contributed by atoms with Gasteiger partial charge < -0.3 is 9.73 Å². The number of carbonyl (C=O) groups excluding carboxylic acids is 1. The van der Waals surface area contributed by atoms with Gasteiger partial charge in [-0.25, -0.2) is 8.42 Å². The van der Waals surface area contributed by atoms with E-state index < -0.39 is 10.0 Å². The van der Waals surface area contributed by atoms with Gasteiger partial charge in [0.1, 0.15) is 5.76 Å². The molecule has 0 radical (unpaired) electrons. The van der Waals surface area contributed by atoms with Gasteiger partial charge in [-0.1, -0.05) is 11.8 Å². The first-order valence-electron chi connectivity index (χ1n) is 6.92. The third-order valence-corrected chi connectivity index (χ3v) is 4.96. The van der Waals surface area contributed by atoms with Gasteiger partial charge in [-0.2, -0.15) is 0 Å². The van der Waals surface area contributed by atoms with Crippen molar-refractivity contribution in [1.82, 2.24) is 4.72 Å². The molecule has 24 heavy (non-hydrogen) atoms. The predicted octanol–water partition coefficient (Wildman–Crippen LogP) is 2.44. The smallest absolute Gasteiger partial charge is 0.263 e. The second kappa shape index (κ2) is 8.02. The van der Waals surface area contributed by atoms with Crippen LogP contribution in [0.4, 0.5) is 5.69 Å². The zero-order valence-corrected chi connectivity index (χ0v) is 14.8. The summed E-state index contributed by atoms with van der Waals surface area (Å²) in [6.45, 7) is 1.62. The van der Waals surface area contributed by atoms with E-state index in [0.717, 1.165) is 0 Å². The molecule has 1 amide bonds. The van der Waals surface area contributed by atoms with Gasteiger partial charge in [-0.15, -0.1) is 0 Å². The Morgan fingerprint density at radius 1 is 1.25 bits per heavy atom. The van der Waals surface area contributed by atoms with E-state index in [1.165, 1.54) is 49.2 Å². The molecule has 0 fully saturated rings. The number of amides is 1. The number of thioether (sulfide) groups is 1. The number of anilines is 1.